The Bertz CT molecular complexity index is 326. The van der Waals surface area contributed by atoms with Crippen molar-refractivity contribution >= 4 is 11.3 Å². The van der Waals surface area contributed by atoms with Gasteiger partial charge in [0.15, 0.2) is 0 Å². The smallest absolute Gasteiger partial charge is 0.0798 e. The van der Waals surface area contributed by atoms with Gasteiger partial charge in [-0.05, 0) is 26.8 Å². The molecule has 0 amide bonds. The predicted octanol–water partition coefficient (Wildman–Crippen LogP) is 2.68. The minimum atomic E-state index is 0.0490. The Labute approximate surface area is 108 Å². The third-order valence-electron chi connectivity index (χ3n) is 3.70. The lowest BCUT2D eigenvalue weighted by Gasteiger charge is -2.33. The third kappa shape index (κ3) is 3.76. The van der Waals surface area contributed by atoms with E-state index >= 15 is 0 Å². The van der Waals surface area contributed by atoms with Crippen molar-refractivity contribution in [2.24, 2.45) is 5.41 Å². The first-order valence-electron chi connectivity index (χ1n) is 6.25. The van der Waals surface area contributed by atoms with E-state index in [4.69, 9.17) is 0 Å². The maximum atomic E-state index is 9.57. The summed E-state index contributed by atoms with van der Waals surface area (Å²) in [6.07, 6.45) is 2.04. The van der Waals surface area contributed by atoms with Crippen LogP contribution in [0.25, 0.3) is 0 Å². The molecule has 0 saturated carbocycles. The Balaban J connectivity index is 2.59. The molecule has 0 aliphatic rings. The summed E-state index contributed by atoms with van der Waals surface area (Å²) in [5.41, 5.74) is 3.08. The van der Waals surface area contributed by atoms with Gasteiger partial charge in [0.05, 0.1) is 11.2 Å². The molecule has 1 heterocycles. The van der Waals surface area contributed by atoms with Gasteiger partial charge < -0.3 is 10.0 Å². The third-order valence-corrected chi connectivity index (χ3v) is 4.62. The van der Waals surface area contributed by atoms with Crippen LogP contribution in [-0.2, 0) is 6.54 Å². The second-order valence-corrected chi connectivity index (χ2v) is 5.84. The van der Waals surface area contributed by atoms with Gasteiger partial charge >= 0.3 is 0 Å². The second-order valence-electron chi connectivity index (χ2n) is 4.90. The molecule has 3 nitrogen and oxygen atoms in total. The highest BCUT2D eigenvalue weighted by molar-refractivity contribution is 7.09. The largest absolute Gasteiger partial charge is 0.396 e. The van der Waals surface area contributed by atoms with Crippen molar-refractivity contribution in [1.29, 1.82) is 0 Å². The summed E-state index contributed by atoms with van der Waals surface area (Å²) in [7, 11) is 2.12. The molecule has 1 N–H and O–H groups in total. The number of thiazole rings is 1. The Morgan fingerprint density at radius 1 is 1.41 bits per heavy atom. The lowest BCUT2D eigenvalue weighted by atomic mass is 9.83. The van der Waals surface area contributed by atoms with Crippen molar-refractivity contribution in [3.63, 3.8) is 0 Å². The molecule has 0 bridgehead atoms. The Hall–Kier alpha value is -0.450. The van der Waals surface area contributed by atoms with Gasteiger partial charge in [-0.25, -0.2) is 4.98 Å². The van der Waals surface area contributed by atoms with Gasteiger partial charge in [-0.15, -0.1) is 11.3 Å². The van der Waals surface area contributed by atoms with Gasteiger partial charge in [0.2, 0.25) is 0 Å². The van der Waals surface area contributed by atoms with Crippen molar-refractivity contribution in [2.45, 2.75) is 40.2 Å². The standard InChI is InChI=1S/C13H24N2OS/c1-5-13(6-2,9-16)8-15(4)7-12-11(3)14-10-17-12/h10,16H,5-9H2,1-4H3. The summed E-state index contributed by atoms with van der Waals surface area (Å²) in [5.74, 6) is 0. The molecule has 1 rings (SSSR count). The molecule has 98 valence electrons. The van der Waals surface area contributed by atoms with Crippen LogP contribution < -0.4 is 0 Å². The molecule has 0 spiro atoms. The number of nitrogens with zero attached hydrogens (tertiary/aromatic N) is 2. The van der Waals surface area contributed by atoms with E-state index in [0.29, 0.717) is 0 Å². The van der Waals surface area contributed by atoms with Crippen LogP contribution in [0.15, 0.2) is 5.51 Å². The SMILES string of the molecule is CCC(CC)(CO)CN(C)Cc1scnc1C. The van der Waals surface area contributed by atoms with Crippen LogP contribution in [0.3, 0.4) is 0 Å². The zero-order valence-corrected chi connectivity index (χ0v) is 12.2. The second kappa shape index (κ2) is 6.47. The summed E-state index contributed by atoms with van der Waals surface area (Å²) < 4.78 is 0. The van der Waals surface area contributed by atoms with Gasteiger partial charge in [-0.2, -0.15) is 0 Å². The first-order chi connectivity index (χ1) is 8.06. The molecule has 4 heteroatoms. The van der Waals surface area contributed by atoms with Gasteiger partial charge in [0.25, 0.3) is 0 Å². The van der Waals surface area contributed by atoms with E-state index in [9.17, 15) is 5.11 Å². The van der Waals surface area contributed by atoms with Crippen LogP contribution in [0.1, 0.15) is 37.3 Å². The Morgan fingerprint density at radius 2 is 2.06 bits per heavy atom. The van der Waals surface area contributed by atoms with Crippen LogP contribution in [0.4, 0.5) is 0 Å². The molecule has 0 aliphatic carbocycles. The first kappa shape index (κ1) is 14.6. The molecule has 0 aromatic carbocycles. The van der Waals surface area contributed by atoms with Crippen molar-refractivity contribution in [1.82, 2.24) is 9.88 Å². The van der Waals surface area contributed by atoms with Crippen molar-refractivity contribution < 1.29 is 5.11 Å². The average molecular weight is 256 g/mol. The Morgan fingerprint density at radius 3 is 2.47 bits per heavy atom. The zero-order valence-electron chi connectivity index (χ0n) is 11.4. The van der Waals surface area contributed by atoms with E-state index in [1.54, 1.807) is 11.3 Å². The molecule has 0 atom stereocenters. The number of rotatable bonds is 7. The number of aryl methyl sites for hydroxylation is 1. The van der Waals surface area contributed by atoms with Crippen LogP contribution >= 0.6 is 11.3 Å². The normalized spacial score (nSPS) is 12.4. The number of aliphatic hydroxyl groups excluding tert-OH is 1. The van der Waals surface area contributed by atoms with Gasteiger partial charge in [-0.1, -0.05) is 13.8 Å². The number of aliphatic hydroxyl groups is 1. The van der Waals surface area contributed by atoms with Crippen molar-refractivity contribution in [3.8, 4) is 0 Å². The van der Waals surface area contributed by atoms with Gasteiger partial charge in [0, 0.05) is 30.0 Å². The average Bonchev–Trinajstić information content (AvgIpc) is 2.72. The monoisotopic (exact) mass is 256 g/mol. The first-order valence-corrected chi connectivity index (χ1v) is 7.13. The highest BCUT2D eigenvalue weighted by atomic mass is 32.1. The zero-order chi connectivity index (χ0) is 12.9. The number of aromatic nitrogens is 1. The number of hydrogen-bond donors (Lipinski definition) is 1. The molecule has 1 aromatic heterocycles. The fourth-order valence-electron chi connectivity index (χ4n) is 2.10. The summed E-state index contributed by atoms with van der Waals surface area (Å²) in [6, 6.07) is 0. The van der Waals surface area contributed by atoms with Crippen LogP contribution in [0.2, 0.25) is 0 Å². The molecular weight excluding hydrogens is 232 g/mol. The lowest BCUT2D eigenvalue weighted by molar-refractivity contribution is 0.0733. The van der Waals surface area contributed by atoms with E-state index < -0.39 is 0 Å². The molecular formula is C13H24N2OS. The summed E-state index contributed by atoms with van der Waals surface area (Å²) >= 11 is 1.71. The van der Waals surface area contributed by atoms with Crippen LogP contribution in [0.5, 0.6) is 0 Å². The van der Waals surface area contributed by atoms with Crippen molar-refractivity contribution in [3.05, 3.63) is 16.1 Å². The van der Waals surface area contributed by atoms with Crippen LogP contribution in [0, 0.1) is 12.3 Å². The molecule has 0 radical (unpaired) electrons. The molecule has 0 saturated heterocycles. The maximum absolute atomic E-state index is 9.57. The van der Waals surface area contributed by atoms with E-state index in [0.717, 1.165) is 31.6 Å². The topological polar surface area (TPSA) is 36.4 Å². The lowest BCUT2D eigenvalue weighted by Crippen LogP contribution is -2.37. The summed E-state index contributed by atoms with van der Waals surface area (Å²) in [6.45, 7) is 8.51. The Kier molecular flexibility index (Phi) is 5.56. The number of hydrogen-bond acceptors (Lipinski definition) is 4. The van der Waals surface area contributed by atoms with E-state index in [1.165, 1.54) is 4.88 Å². The van der Waals surface area contributed by atoms with Crippen molar-refractivity contribution in [2.75, 3.05) is 20.2 Å². The highest BCUT2D eigenvalue weighted by Crippen LogP contribution is 2.27. The minimum Gasteiger partial charge on any atom is -0.396 e. The molecule has 17 heavy (non-hydrogen) atoms. The molecule has 0 unspecified atom stereocenters. The van der Waals surface area contributed by atoms with E-state index in [1.807, 2.05) is 5.51 Å². The van der Waals surface area contributed by atoms with Gasteiger partial charge in [-0.3, -0.25) is 0 Å². The quantitative estimate of drug-likeness (QED) is 0.815. The predicted molar refractivity (Wildman–Crippen MR) is 73.3 cm³/mol. The molecule has 1 aromatic rings. The van der Waals surface area contributed by atoms with E-state index in [-0.39, 0.29) is 12.0 Å². The fourth-order valence-corrected chi connectivity index (χ4v) is 2.96. The van der Waals surface area contributed by atoms with Crippen LogP contribution in [-0.4, -0.2) is 35.2 Å². The van der Waals surface area contributed by atoms with Gasteiger partial charge in [0.1, 0.15) is 0 Å². The maximum Gasteiger partial charge on any atom is 0.0798 e. The van der Waals surface area contributed by atoms with E-state index in [2.05, 4.69) is 37.7 Å². The molecule has 0 fully saturated rings. The summed E-state index contributed by atoms with van der Waals surface area (Å²) in [5, 5.41) is 9.57. The molecule has 0 aliphatic heterocycles. The minimum absolute atomic E-state index is 0.0490. The summed E-state index contributed by atoms with van der Waals surface area (Å²) in [4.78, 5) is 7.89. The highest BCUT2D eigenvalue weighted by Gasteiger charge is 2.27. The fraction of sp³-hybridized carbons (Fsp3) is 0.769.